The molecule has 10 nitrogen and oxygen atoms in total. The highest BCUT2D eigenvalue weighted by molar-refractivity contribution is 7.99. The van der Waals surface area contributed by atoms with E-state index in [-0.39, 0.29) is 11.6 Å². The Kier molecular flexibility index (Phi) is 6.22. The van der Waals surface area contributed by atoms with Gasteiger partial charge in [-0.15, -0.1) is 10.2 Å². The second-order valence-electron chi connectivity index (χ2n) is 7.44. The van der Waals surface area contributed by atoms with Gasteiger partial charge >= 0.3 is 5.69 Å². The average Bonchev–Trinajstić information content (AvgIpc) is 3.31. The highest BCUT2D eigenvalue weighted by Gasteiger charge is 2.21. The molecule has 33 heavy (non-hydrogen) atoms. The summed E-state index contributed by atoms with van der Waals surface area (Å²) in [5, 5.41) is 27.0. The number of nitro groups is 1. The first-order valence-electron chi connectivity index (χ1n) is 10.0. The fourth-order valence-electron chi connectivity index (χ4n) is 3.32. The summed E-state index contributed by atoms with van der Waals surface area (Å²) in [7, 11) is 1.88. The van der Waals surface area contributed by atoms with Crippen LogP contribution < -0.4 is 5.32 Å². The second kappa shape index (κ2) is 9.25. The van der Waals surface area contributed by atoms with Gasteiger partial charge in [-0.2, -0.15) is 5.10 Å². The van der Waals surface area contributed by atoms with Crippen molar-refractivity contribution in [3.8, 4) is 0 Å². The normalized spacial score (nSPS) is 10.9. The van der Waals surface area contributed by atoms with Gasteiger partial charge in [-0.3, -0.25) is 19.6 Å². The van der Waals surface area contributed by atoms with Crippen LogP contribution in [0.1, 0.15) is 27.3 Å². The number of nitrogens with zero attached hydrogens (tertiary/aromatic N) is 6. The number of hydrogen-bond donors (Lipinski definition) is 1. The molecular weight excluding hydrogens is 442 g/mol. The van der Waals surface area contributed by atoms with E-state index < -0.39 is 4.92 Å². The van der Waals surface area contributed by atoms with Crippen molar-refractivity contribution < 1.29 is 9.72 Å². The van der Waals surface area contributed by atoms with Crippen molar-refractivity contribution in [1.82, 2.24) is 24.5 Å². The third-order valence-electron chi connectivity index (χ3n) is 5.07. The quantitative estimate of drug-likeness (QED) is 0.325. The van der Waals surface area contributed by atoms with Gasteiger partial charge in [-0.05, 0) is 67.6 Å². The fraction of sp³-hybridized carbons (Fsp3) is 0.182. The van der Waals surface area contributed by atoms with Gasteiger partial charge in [0.25, 0.3) is 5.91 Å². The monoisotopic (exact) mass is 463 g/mol. The second-order valence-corrected chi connectivity index (χ2v) is 8.48. The molecule has 0 saturated carbocycles. The molecule has 0 radical (unpaired) electrons. The van der Waals surface area contributed by atoms with Crippen molar-refractivity contribution >= 4 is 29.0 Å². The zero-order valence-electron chi connectivity index (χ0n) is 18.2. The Bertz CT molecular complexity index is 1310. The third kappa shape index (κ3) is 4.93. The number of carbonyl (C=O) groups is 1. The summed E-state index contributed by atoms with van der Waals surface area (Å²) in [6.07, 6.45) is 1.64. The lowest BCUT2D eigenvalue weighted by Gasteiger charge is -2.08. The van der Waals surface area contributed by atoms with Gasteiger partial charge in [-0.25, -0.2) is 0 Å². The Morgan fingerprint density at radius 2 is 1.82 bits per heavy atom. The molecule has 2 aromatic heterocycles. The van der Waals surface area contributed by atoms with Crippen LogP contribution in [0.15, 0.2) is 64.9 Å². The van der Waals surface area contributed by atoms with E-state index in [0.717, 1.165) is 15.6 Å². The van der Waals surface area contributed by atoms with Crippen LogP contribution in [0.25, 0.3) is 0 Å². The lowest BCUT2D eigenvalue weighted by molar-refractivity contribution is -0.386. The zero-order chi connectivity index (χ0) is 23.5. The Hall–Kier alpha value is -3.99. The molecule has 0 unspecified atom stereocenters. The van der Waals surface area contributed by atoms with Crippen LogP contribution in [-0.2, 0) is 13.6 Å². The van der Waals surface area contributed by atoms with E-state index in [2.05, 4.69) is 20.6 Å². The molecule has 0 aliphatic rings. The summed E-state index contributed by atoms with van der Waals surface area (Å²) in [4.78, 5) is 24.4. The van der Waals surface area contributed by atoms with Gasteiger partial charge < -0.3 is 9.88 Å². The molecule has 0 aliphatic carbocycles. The van der Waals surface area contributed by atoms with E-state index >= 15 is 0 Å². The molecule has 168 valence electrons. The summed E-state index contributed by atoms with van der Waals surface area (Å²) < 4.78 is 3.43. The van der Waals surface area contributed by atoms with Crippen LogP contribution in [0, 0.1) is 24.0 Å². The molecule has 0 saturated heterocycles. The largest absolute Gasteiger partial charge is 0.322 e. The Labute approximate surface area is 193 Å². The fourth-order valence-corrected chi connectivity index (χ4v) is 4.08. The Balaban J connectivity index is 1.39. The van der Waals surface area contributed by atoms with Crippen molar-refractivity contribution in [2.45, 2.75) is 30.4 Å². The standard InChI is InChI=1S/C22H21N7O3S/c1-14-20(29(31)32)15(2)28(26-14)12-16-4-6-17(7-5-16)21(30)24-18-8-10-19(11-9-18)33-22-25-23-13-27(22)3/h4-11,13H,12H2,1-3H3,(H,24,30). The molecule has 0 fully saturated rings. The predicted molar refractivity (Wildman–Crippen MR) is 123 cm³/mol. The third-order valence-corrected chi connectivity index (χ3v) is 6.13. The van der Waals surface area contributed by atoms with Crippen LogP contribution in [0.2, 0.25) is 0 Å². The first kappa shape index (κ1) is 22.2. The summed E-state index contributed by atoms with van der Waals surface area (Å²) in [5.41, 5.74) is 3.00. The van der Waals surface area contributed by atoms with E-state index in [1.165, 1.54) is 11.8 Å². The zero-order valence-corrected chi connectivity index (χ0v) is 19.0. The maximum atomic E-state index is 12.6. The van der Waals surface area contributed by atoms with E-state index in [4.69, 9.17) is 0 Å². The van der Waals surface area contributed by atoms with Gasteiger partial charge in [0.15, 0.2) is 5.16 Å². The van der Waals surface area contributed by atoms with E-state index in [0.29, 0.717) is 29.2 Å². The van der Waals surface area contributed by atoms with Crippen LogP contribution in [0.3, 0.4) is 0 Å². The molecule has 4 rings (SSSR count). The molecule has 11 heteroatoms. The van der Waals surface area contributed by atoms with Gasteiger partial charge in [0.2, 0.25) is 0 Å². The number of benzene rings is 2. The van der Waals surface area contributed by atoms with Crippen LogP contribution in [0.4, 0.5) is 11.4 Å². The van der Waals surface area contributed by atoms with Gasteiger partial charge in [-0.1, -0.05) is 12.1 Å². The number of anilines is 1. The van der Waals surface area contributed by atoms with Gasteiger partial charge in [0.1, 0.15) is 17.7 Å². The minimum Gasteiger partial charge on any atom is -0.322 e. The summed E-state index contributed by atoms with van der Waals surface area (Å²) >= 11 is 1.48. The Morgan fingerprint density at radius 3 is 2.39 bits per heavy atom. The van der Waals surface area contributed by atoms with Gasteiger partial charge in [0, 0.05) is 23.2 Å². The van der Waals surface area contributed by atoms with Crippen molar-refractivity contribution in [3.63, 3.8) is 0 Å². The van der Waals surface area contributed by atoms with Crippen molar-refractivity contribution in [2.75, 3.05) is 5.32 Å². The smallest absolute Gasteiger partial charge is 0.312 e. The molecule has 0 aliphatic heterocycles. The number of nitrogens with one attached hydrogen (secondary N) is 1. The number of aromatic nitrogens is 5. The van der Waals surface area contributed by atoms with Gasteiger partial charge in [0.05, 0.1) is 11.5 Å². The van der Waals surface area contributed by atoms with E-state index in [9.17, 15) is 14.9 Å². The van der Waals surface area contributed by atoms with Crippen molar-refractivity contribution in [2.24, 2.45) is 7.05 Å². The minimum atomic E-state index is -0.414. The highest BCUT2D eigenvalue weighted by Crippen LogP contribution is 2.26. The summed E-state index contributed by atoms with van der Waals surface area (Å²) in [5.74, 6) is -0.225. The van der Waals surface area contributed by atoms with E-state index in [1.54, 1.807) is 37.0 Å². The Morgan fingerprint density at radius 1 is 1.12 bits per heavy atom. The number of rotatable bonds is 7. The van der Waals surface area contributed by atoms with Crippen LogP contribution in [0.5, 0.6) is 0 Å². The molecule has 4 aromatic rings. The first-order valence-corrected chi connectivity index (χ1v) is 10.8. The minimum absolute atomic E-state index is 0.0343. The number of amides is 1. The maximum Gasteiger partial charge on any atom is 0.312 e. The molecule has 1 amide bonds. The maximum absolute atomic E-state index is 12.6. The van der Waals surface area contributed by atoms with E-state index in [1.807, 2.05) is 48.0 Å². The van der Waals surface area contributed by atoms with Crippen LogP contribution in [-0.4, -0.2) is 35.4 Å². The molecule has 1 N–H and O–H groups in total. The number of carbonyl (C=O) groups excluding carboxylic acids is 1. The van der Waals surface area contributed by atoms with Crippen LogP contribution >= 0.6 is 11.8 Å². The van der Waals surface area contributed by atoms with Crippen molar-refractivity contribution in [1.29, 1.82) is 0 Å². The molecule has 0 bridgehead atoms. The SMILES string of the molecule is Cc1nn(Cc2ccc(C(=O)Nc3ccc(Sc4nncn4C)cc3)cc2)c(C)c1[N+](=O)[O-]. The topological polar surface area (TPSA) is 121 Å². The highest BCUT2D eigenvalue weighted by atomic mass is 32.2. The average molecular weight is 464 g/mol. The molecule has 0 spiro atoms. The van der Waals surface area contributed by atoms with Crippen molar-refractivity contribution in [3.05, 3.63) is 87.5 Å². The summed E-state index contributed by atoms with van der Waals surface area (Å²) in [6, 6.07) is 14.6. The molecule has 0 atom stereocenters. The lowest BCUT2D eigenvalue weighted by Crippen LogP contribution is -2.12. The number of hydrogen-bond acceptors (Lipinski definition) is 7. The molecule has 2 heterocycles. The summed E-state index contributed by atoms with van der Waals surface area (Å²) in [6.45, 7) is 3.68. The predicted octanol–water partition coefficient (Wildman–Crippen LogP) is 3.99. The number of aryl methyl sites for hydroxylation is 2. The first-order chi connectivity index (χ1) is 15.8. The molecular formula is C22H21N7O3S. The molecule has 2 aromatic carbocycles. The lowest BCUT2D eigenvalue weighted by atomic mass is 10.1.